The number of Topliss-reactive ketones (excluding diaryl/α,β-unsaturated/α-hetero) is 1. The summed E-state index contributed by atoms with van der Waals surface area (Å²) in [4.78, 5) is 14.7. The predicted molar refractivity (Wildman–Crippen MR) is 142 cm³/mol. The first-order valence-corrected chi connectivity index (χ1v) is 13.7. The average Bonchev–Trinajstić information content (AvgIpc) is 3.04. The third-order valence-electron chi connectivity index (χ3n) is 6.31. The van der Waals surface area contributed by atoms with Crippen molar-refractivity contribution in [3.8, 4) is 5.75 Å². The van der Waals surface area contributed by atoms with E-state index in [-0.39, 0.29) is 21.7 Å². The Bertz CT molecular complexity index is 1640. The predicted octanol–water partition coefficient (Wildman–Crippen LogP) is 6.63. The number of ketones is 1. The molecule has 36 heavy (non-hydrogen) atoms. The van der Waals surface area contributed by atoms with Crippen LogP contribution in [0.1, 0.15) is 32.3 Å². The molecule has 0 saturated carbocycles. The number of hydrogen-bond acceptors (Lipinski definition) is 6. The van der Waals surface area contributed by atoms with Gasteiger partial charge in [-0.1, -0.05) is 66.2 Å². The van der Waals surface area contributed by atoms with Crippen LogP contribution in [-0.2, 0) is 10.1 Å². The zero-order valence-electron chi connectivity index (χ0n) is 19.3. The van der Waals surface area contributed by atoms with Crippen molar-refractivity contribution in [2.45, 2.75) is 22.0 Å². The summed E-state index contributed by atoms with van der Waals surface area (Å²) in [6, 6.07) is 29.1. The molecule has 0 bridgehead atoms. The van der Waals surface area contributed by atoms with Gasteiger partial charge in [-0.15, -0.1) is 11.8 Å². The standard InChI is InChI=1S/C29H21NO4S2/c1-18-10-16-21(17-11-18)36(32,33)34-20-14-12-19(13-15-20)29-26-27(22-6-2-3-7-23(22)28(26)31)30-24-8-4-5-9-25(24)35-29/h2-17,29-30H,1H3/t29-/m0/s1. The van der Waals surface area contributed by atoms with Crippen LogP contribution in [0.3, 0.4) is 0 Å². The zero-order chi connectivity index (χ0) is 24.9. The van der Waals surface area contributed by atoms with Gasteiger partial charge in [0.1, 0.15) is 10.6 Å². The summed E-state index contributed by atoms with van der Waals surface area (Å²) in [6.45, 7) is 1.89. The number of para-hydroxylation sites is 1. The lowest BCUT2D eigenvalue weighted by Crippen LogP contribution is -2.10. The Hall–Kier alpha value is -3.81. The Kier molecular flexibility index (Phi) is 5.47. The van der Waals surface area contributed by atoms with Crippen molar-refractivity contribution in [2.75, 3.05) is 5.32 Å². The second-order valence-electron chi connectivity index (χ2n) is 8.70. The number of aryl methyl sites for hydroxylation is 1. The van der Waals surface area contributed by atoms with Crippen molar-refractivity contribution in [3.05, 3.63) is 125 Å². The van der Waals surface area contributed by atoms with Crippen LogP contribution in [0.15, 0.2) is 112 Å². The van der Waals surface area contributed by atoms with Crippen LogP contribution in [0, 0.1) is 6.92 Å². The Morgan fingerprint density at radius 3 is 2.22 bits per heavy atom. The highest BCUT2D eigenvalue weighted by Crippen LogP contribution is 2.52. The van der Waals surface area contributed by atoms with Gasteiger partial charge in [-0.3, -0.25) is 4.79 Å². The Morgan fingerprint density at radius 1 is 0.806 bits per heavy atom. The van der Waals surface area contributed by atoms with Gasteiger partial charge in [0.2, 0.25) is 0 Å². The molecular formula is C29H21NO4S2. The van der Waals surface area contributed by atoms with Gasteiger partial charge in [0.25, 0.3) is 0 Å². The van der Waals surface area contributed by atoms with Crippen LogP contribution in [0.25, 0.3) is 5.70 Å². The molecular weight excluding hydrogens is 490 g/mol. The van der Waals surface area contributed by atoms with E-state index < -0.39 is 10.1 Å². The molecule has 0 radical (unpaired) electrons. The highest BCUT2D eigenvalue weighted by Gasteiger charge is 2.38. The Balaban J connectivity index is 1.37. The van der Waals surface area contributed by atoms with Gasteiger partial charge in [-0.2, -0.15) is 8.42 Å². The Morgan fingerprint density at radius 2 is 1.47 bits per heavy atom. The Labute approximate surface area is 214 Å². The first kappa shape index (κ1) is 22.6. The van der Waals surface area contributed by atoms with E-state index in [9.17, 15) is 13.2 Å². The molecule has 6 rings (SSSR count). The normalized spacial score (nSPS) is 16.5. The van der Waals surface area contributed by atoms with Crippen LogP contribution >= 0.6 is 11.8 Å². The van der Waals surface area contributed by atoms with Crippen LogP contribution in [0.5, 0.6) is 5.75 Å². The summed E-state index contributed by atoms with van der Waals surface area (Å²) >= 11 is 1.60. The summed E-state index contributed by atoms with van der Waals surface area (Å²) in [6.07, 6.45) is 0. The maximum atomic E-state index is 13.5. The molecule has 0 spiro atoms. The lowest BCUT2D eigenvalue weighted by molar-refractivity contribution is 0.103. The van der Waals surface area contributed by atoms with Gasteiger partial charge in [0, 0.05) is 21.6 Å². The summed E-state index contributed by atoms with van der Waals surface area (Å²) in [5, 5.41) is 3.23. The lowest BCUT2D eigenvalue weighted by Gasteiger charge is -2.18. The van der Waals surface area contributed by atoms with Crippen molar-refractivity contribution in [3.63, 3.8) is 0 Å². The molecule has 0 saturated heterocycles. The molecule has 178 valence electrons. The second-order valence-corrected chi connectivity index (χ2v) is 11.4. The highest BCUT2D eigenvalue weighted by atomic mass is 32.2. The molecule has 4 aromatic rings. The van der Waals surface area contributed by atoms with E-state index in [0.29, 0.717) is 11.1 Å². The fraction of sp³-hybridized carbons (Fsp3) is 0.0690. The van der Waals surface area contributed by atoms with Gasteiger partial charge < -0.3 is 9.50 Å². The number of rotatable bonds is 4. The molecule has 1 aliphatic heterocycles. The van der Waals surface area contributed by atoms with Crippen molar-refractivity contribution < 1.29 is 17.4 Å². The molecule has 1 atom stereocenters. The quantitative estimate of drug-likeness (QED) is 0.310. The minimum absolute atomic E-state index is 0.000631. The molecule has 0 unspecified atom stereocenters. The first-order valence-electron chi connectivity index (χ1n) is 11.4. The van der Waals surface area contributed by atoms with Gasteiger partial charge in [0.15, 0.2) is 5.78 Å². The zero-order valence-corrected chi connectivity index (χ0v) is 20.9. The fourth-order valence-electron chi connectivity index (χ4n) is 4.49. The van der Waals surface area contributed by atoms with Crippen LogP contribution < -0.4 is 9.50 Å². The minimum Gasteiger partial charge on any atom is -0.379 e. The second kappa shape index (κ2) is 8.69. The number of thioether (sulfide) groups is 1. The maximum Gasteiger partial charge on any atom is 0.339 e. The molecule has 1 heterocycles. The van der Waals surface area contributed by atoms with E-state index in [2.05, 4.69) is 5.32 Å². The SMILES string of the molecule is Cc1ccc(S(=O)(=O)Oc2ccc([C@@H]3Sc4ccccc4NC4=C3C(=O)c3ccccc34)cc2)cc1. The summed E-state index contributed by atoms with van der Waals surface area (Å²) < 4.78 is 30.8. The lowest BCUT2D eigenvalue weighted by atomic mass is 10.0. The number of benzene rings is 4. The third-order valence-corrected chi connectivity index (χ3v) is 8.92. The molecule has 7 heteroatoms. The van der Waals surface area contributed by atoms with E-state index in [1.165, 1.54) is 12.1 Å². The summed E-state index contributed by atoms with van der Waals surface area (Å²) in [7, 11) is -3.95. The number of carbonyl (C=O) groups excluding carboxylic acids is 1. The molecule has 4 aromatic carbocycles. The fourth-order valence-corrected chi connectivity index (χ4v) is 6.72. The first-order chi connectivity index (χ1) is 17.4. The van der Waals surface area contributed by atoms with Crippen molar-refractivity contribution in [2.24, 2.45) is 0 Å². The molecule has 0 aromatic heterocycles. The van der Waals surface area contributed by atoms with Crippen molar-refractivity contribution in [1.82, 2.24) is 0 Å². The van der Waals surface area contributed by atoms with Gasteiger partial charge in [-0.25, -0.2) is 0 Å². The minimum atomic E-state index is -3.95. The van der Waals surface area contributed by atoms with E-state index >= 15 is 0 Å². The monoisotopic (exact) mass is 511 g/mol. The van der Waals surface area contributed by atoms with Crippen LogP contribution in [-0.4, -0.2) is 14.2 Å². The third kappa shape index (κ3) is 3.90. The number of fused-ring (bicyclic) bond motifs is 3. The van der Waals surface area contributed by atoms with E-state index in [0.717, 1.165) is 33.0 Å². The van der Waals surface area contributed by atoms with Crippen LogP contribution in [0.2, 0.25) is 0 Å². The van der Waals surface area contributed by atoms with Crippen molar-refractivity contribution in [1.29, 1.82) is 0 Å². The van der Waals surface area contributed by atoms with Crippen LogP contribution in [0.4, 0.5) is 5.69 Å². The number of hydrogen-bond donors (Lipinski definition) is 1. The molecule has 2 aliphatic rings. The maximum absolute atomic E-state index is 13.5. The molecule has 0 amide bonds. The van der Waals surface area contributed by atoms with Crippen molar-refractivity contribution >= 4 is 39.0 Å². The van der Waals surface area contributed by atoms with E-state index in [1.807, 2.05) is 67.6 Å². The largest absolute Gasteiger partial charge is 0.379 e. The summed E-state index contributed by atoms with van der Waals surface area (Å²) in [5.41, 5.74) is 5.89. The number of anilines is 1. The van der Waals surface area contributed by atoms with E-state index in [1.54, 1.807) is 36.0 Å². The molecule has 1 aliphatic carbocycles. The topological polar surface area (TPSA) is 72.5 Å². The van der Waals surface area contributed by atoms with E-state index in [4.69, 9.17) is 4.18 Å². The average molecular weight is 512 g/mol. The smallest absolute Gasteiger partial charge is 0.339 e. The van der Waals surface area contributed by atoms with Gasteiger partial charge >= 0.3 is 10.1 Å². The molecule has 5 nitrogen and oxygen atoms in total. The molecule has 1 N–H and O–H groups in total. The molecule has 0 fully saturated rings. The van der Waals surface area contributed by atoms with Gasteiger partial charge in [0.05, 0.1) is 16.6 Å². The number of carbonyl (C=O) groups is 1. The highest BCUT2D eigenvalue weighted by molar-refractivity contribution is 8.00. The summed E-state index contributed by atoms with van der Waals surface area (Å²) in [5.74, 6) is 0.215. The number of nitrogens with one attached hydrogen (secondary N) is 1. The van der Waals surface area contributed by atoms with Gasteiger partial charge in [-0.05, 0) is 48.9 Å².